The Kier molecular flexibility index (Phi) is 3.03. The Balaban J connectivity index is 2.14. The predicted octanol–water partition coefficient (Wildman–Crippen LogP) is 1.64. The number of nitrogens with one attached hydrogen (secondary N) is 1. The topological polar surface area (TPSA) is 28.2 Å². The molecule has 1 aliphatic heterocycles. The molecule has 0 spiro atoms. The van der Waals surface area contributed by atoms with Gasteiger partial charge in [-0.15, -0.1) is 0 Å². The van der Waals surface area contributed by atoms with E-state index in [2.05, 4.69) is 44.1 Å². The zero-order valence-corrected chi connectivity index (χ0v) is 9.79. The number of rotatable bonds is 1. The standard InChI is InChI=1S/C10H14BrN3/c1-8-7-14(3-2-13-8)10-4-9(11)5-12-6-10/h4-6,8,13H,2-3,7H2,1H3. The minimum atomic E-state index is 0.558. The van der Waals surface area contributed by atoms with Crippen LogP contribution in [-0.2, 0) is 0 Å². The van der Waals surface area contributed by atoms with Gasteiger partial charge in [-0.25, -0.2) is 0 Å². The minimum Gasteiger partial charge on any atom is -0.367 e. The molecule has 0 amide bonds. The smallest absolute Gasteiger partial charge is 0.0565 e. The molecule has 0 aromatic carbocycles. The Morgan fingerprint density at radius 1 is 1.57 bits per heavy atom. The number of hydrogen-bond acceptors (Lipinski definition) is 3. The fourth-order valence-electron chi connectivity index (χ4n) is 1.74. The molecule has 0 aliphatic carbocycles. The quantitative estimate of drug-likeness (QED) is 0.828. The summed E-state index contributed by atoms with van der Waals surface area (Å²) in [4.78, 5) is 6.54. The predicted molar refractivity (Wildman–Crippen MR) is 61.6 cm³/mol. The van der Waals surface area contributed by atoms with E-state index in [-0.39, 0.29) is 0 Å². The second-order valence-corrected chi connectivity index (χ2v) is 4.58. The average molecular weight is 256 g/mol. The molecule has 14 heavy (non-hydrogen) atoms. The van der Waals surface area contributed by atoms with Crippen molar-refractivity contribution < 1.29 is 0 Å². The molecule has 1 fully saturated rings. The Morgan fingerprint density at radius 3 is 3.14 bits per heavy atom. The summed E-state index contributed by atoms with van der Waals surface area (Å²) in [5.74, 6) is 0. The summed E-state index contributed by atoms with van der Waals surface area (Å²) in [5.41, 5.74) is 1.20. The number of pyridine rings is 1. The van der Waals surface area contributed by atoms with Gasteiger partial charge in [-0.3, -0.25) is 4.98 Å². The fraction of sp³-hybridized carbons (Fsp3) is 0.500. The molecule has 3 nitrogen and oxygen atoms in total. The first-order valence-corrected chi connectivity index (χ1v) is 5.64. The molecule has 1 aromatic rings. The first kappa shape index (κ1) is 9.93. The van der Waals surface area contributed by atoms with E-state index in [0.29, 0.717) is 6.04 Å². The van der Waals surface area contributed by atoms with Crippen LogP contribution in [0.25, 0.3) is 0 Å². The van der Waals surface area contributed by atoms with E-state index in [1.54, 1.807) is 0 Å². The molecule has 1 aliphatic rings. The lowest BCUT2D eigenvalue weighted by Gasteiger charge is -2.33. The minimum absolute atomic E-state index is 0.558. The lowest BCUT2D eigenvalue weighted by atomic mass is 10.2. The van der Waals surface area contributed by atoms with Crippen molar-refractivity contribution >= 4 is 21.6 Å². The van der Waals surface area contributed by atoms with Crippen LogP contribution in [0.5, 0.6) is 0 Å². The van der Waals surface area contributed by atoms with E-state index < -0.39 is 0 Å². The van der Waals surface area contributed by atoms with Gasteiger partial charge in [0, 0.05) is 36.3 Å². The van der Waals surface area contributed by atoms with Gasteiger partial charge >= 0.3 is 0 Å². The van der Waals surface area contributed by atoms with Crippen LogP contribution in [0.2, 0.25) is 0 Å². The summed E-state index contributed by atoms with van der Waals surface area (Å²) in [6, 6.07) is 2.67. The van der Waals surface area contributed by atoms with Crippen molar-refractivity contribution in [1.82, 2.24) is 10.3 Å². The van der Waals surface area contributed by atoms with Gasteiger partial charge in [-0.05, 0) is 28.9 Å². The van der Waals surface area contributed by atoms with E-state index >= 15 is 0 Å². The van der Waals surface area contributed by atoms with Crippen LogP contribution in [0.3, 0.4) is 0 Å². The summed E-state index contributed by atoms with van der Waals surface area (Å²) in [7, 11) is 0. The molecule has 0 radical (unpaired) electrons. The fourth-order valence-corrected chi connectivity index (χ4v) is 2.09. The second kappa shape index (κ2) is 4.28. The number of piperazine rings is 1. The average Bonchev–Trinajstić information content (AvgIpc) is 2.18. The Labute approximate surface area is 92.6 Å². The molecule has 0 saturated carbocycles. The first-order chi connectivity index (χ1) is 6.75. The third kappa shape index (κ3) is 2.25. The van der Waals surface area contributed by atoms with Crippen LogP contribution in [-0.4, -0.2) is 30.7 Å². The van der Waals surface area contributed by atoms with Crippen LogP contribution in [0.15, 0.2) is 22.9 Å². The Bertz CT molecular complexity index is 316. The third-order valence-electron chi connectivity index (χ3n) is 2.42. The van der Waals surface area contributed by atoms with Gasteiger partial charge in [0.2, 0.25) is 0 Å². The highest BCUT2D eigenvalue weighted by Gasteiger charge is 2.15. The highest BCUT2D eigenvalue weighted by molar-refractivity contribution is 9.10. The van der Waals surface area contributed by atoms with Crippen molar-refractivity contribution in [2.24, 2.45) is 0 Å². The van der Waals surface area contributed by atoms with E-state index in [1.807, 2.05) is 12.4 Å². The van der Waals surface area contributed by atoms with E-state index in [0.717, 1.165) is 24.1 Å². The third-order valence-corrected chi connectivity index (χ3v) is 2.86. The summed E-state index contributed by atoms with van der Waals surface area (Å²) >= 11 is 3.44. The first-order valence-electron chi connectivity index (χ1n) is 4.84. The number of nitrogens with zero attached hydrogens (tertiary/aromatic N) is 2. The van der Waals surface area contributed by atoms with Gasteiger partial charge < -0.3 is 10.2 Å². The normalized spacial score (nSPS) is 22.4. The monoisotopic (exact) mass is 255 g/mol. The van der Waals surface area contributed by atoms with E-state index in [9.17, 15) is 0 Å². The molecule has 1 unspecified atom stereocenters. The van der Waals surface area contributed by atoms with Crippen molar-refractivity contribution in [2.45, 2.75) is 13.0 Å². The van der Waals surface area contributed by atoms with Crippen LogP contribution >= 0.6 is 15.9 Å². The molecule has 0 bridgehead atoms. The molecule has 1 saturated heterocycles. The van der Waals surface area contributed by atoms with E-state index in [1.165, 1.54) is 5.69 Å². The molecular weight excluding hydrogens is 242 g/mol. The van der Waals surface area contributed by atoms with Crippen molar-refractivity contribution in [2.75, 3.05) is 24.5 Å². The maximum absolute atomic E-state index is 4.18. The highest BCUT2D eigenvalue weighted by Crippen LogP contribution is 2.19. The largest absolute Gasteiger partial charge is 0.367 e. The second-order valence-electron chi connectivity index (χ2n) is 3.66. The lowest BCUT2D eigenvalue weighted by molar-refractivity contribution is 0.484. The summed E-state index contributed by atoms with van der Waals surface area (Å²) in [5, 5.41) is 3.42. The lowest BCUT2D eigenvalue weighted by Crippen LogP contribution is -2.49. The number of halogens is 1. The van der Waals surface area contributed by atoms with Gasteiger partial charge in [-0.2, -0.15) is 0 Å². The molecule has 1 aromatic heterocycles. The Morgan fingerprint density at radius 2 is 2.43 bits per heavy atom. The highest BCUT2D eigenvalue weighted by atomic mass is 79.9. The molecule has 2 rings (SSSR count). The van der Waals surface area contributed by atoms with Crippen LogP contribution in [0, 0.1) is 0 Å². The molecule has 1 N–H and O–H groups in total. The maximum Gasteiger partial charge on any atom is 0.0565 e. The molecular formula is C10H14BrN3. The number of hydrogen-bond donors (Lipinski definition) is 1. The van der Waals surface area contributed by atoms with Gasteiger partial charge in [0.05, 0.1) is 11.9 Å². The van der Waals surface area contributed by atoms with Crippen molar-refractivity contribution in [3.63, 3.8) is 0 Å². The zero-order valence-electron chi connectivity index (χ0n) is 8.20. The SMILES string of the molecule is CC1CN(c2cncc(Br)c2)CCN1. The van der Waals surface area contributed by atoms with Crippen molar-refractivity contribution in [3.05, 3.63) is 22.9 Å². The van der Waals surface area contributed by atoms with Crippen LogP contribution in [0.4, 0.5) is 5.69 Å². The number of anilines is 1. The van der Waals surface area contributed by atoms with Gasteiger partial charge in [0.25, 0.3) is 0 Å². The summed E-state index contributed by atoms with van der Waals surface area (Å²) in [6.45, 7) is 5.37. The van der Waals surface area contributed by atoms with Gasteiger partial charge in [0.15, 0.2) is 0 Å². The maximum atomic E-state index is 4.18. The van der Waals surface area contributed by atoms with Crippen LogP contribution < -0.4 is 10.2 Å². The van der Waals surface area contributed by atoms with Crippen LogP contribution in [0.1, 0.15) is 6.92 Å². The molecule has 1 atom stereocenters. The summed E-state index contributed by atoms with van der Waals surface area (Å²) < 4.78 is 1.04. The van der Waals surface area contributed by atoms with Gasteiger partial charge in [0.1, 0.15) is 0 Å². The molecule has 76 valence electrons. The molecule has 2 heterocycles. The summed E-state index contributed by atoms with van der Waals surface area (Å²) in [6.07, 6.45) is 3.73. The van der Waals surface area contributed by atoms with Gasteiger partial charge in [-0.1, -0.05) is 0 Å². The molecule has 4 heteroatoms. The van der Waals surface area contributed by atoms with Crippen molar-refractivity contribution in [3.8, 4) is 0 Å². The number of aromatic nitrogens is 1. The van der Waals surface area contributed by atoms with E-state index in [4.69, 9.17) is 0 Å². The van der Waals surface area contributed by atoms with Crippen molar-refractivity contribution in [1.29, 1.82) is 0 Å². The zero-order chi connectivity index (χ0) is 9.97. The Hall–Kier alpha value is -0.610.